The van der Waals surface area contributed by atoms with Crippen molar-refractivity contribution in [2.45, 2.75) is 19.3 Å². The quantitative estimate of drug-likeness (QED) is 0.189. The second-order valence-corrected chi connectivity index (χ2v) is 12.2. The van der Waals surface area contributed by atoms with Gasteiger partial charge in [0, 0.05) is 40.0 Å². The van der Waals surface area contributed by atoms with E-state index >= 15 is 0 Å². The predicted octanol–water partition coefficient (Wildman–Crippen LogP) is 10.2. The molecule has 0 unspecified atom stereocenters. The van der Waals surface area contributed by atoms with E-state index in [9.17, 15) is 10.5 Å². The molecule has 47 heavy (non-hydrogen) atoms. The molecular formula is C41H26N6. The van der Waals surface area contributed by atoms with Crippen molar-refractivity contribution in [2.24, 2.45) is 0 Å². The summed E-state index contributed by atoms with van der Waals surface area (Å²) in [7, 11) is 0. The van der Waals surface area contributed by atoms with Crippen molar-refractivity contribution < 1.29 is 0 Å². The van der Waals surface area contributed by atoms with E-state index < -0.39 is 0 Å². The Hall–Kier alpha value is -6.68. The van der Waals surface area contributed by atoms with Crippen LogP contribution in [0.4, 0.5) is 22.7 Å². The number of aromatic nitrogens is 2. The average Bonchev–Trinajstić information content (AvgIpc) is 3.45. The zero-order chi connectivity index (χ0) is 32.3. The zero-order valence-electron chi connectivity index (χ0n) is 25.7. The van der Waals surface area contributed by atoms with E-state index in [1.54, 1.807) is 12.3 Å². The number of nitrogens with zero attached hydrogens (tertiary/aromatic N) is 6. The molecule has 0 spiro atoms. The molecule has 1 aliphatic rings. The minimum atomic E-state index is -0.227. The number of benzene rings is 5. The van der Waals surface area contributed by atoms with E-state index in [-0.39, 0.29) is 16.7 Å². The van der Waals surface area contributed by atoms with Crippen LogP contribution in [0, 0.1) is 29.2 Å². The number of pyridine rings is 1. The van der Waals surface area contributed by atoms with E-state index in [2.05, 4.69) is 124 Å². The molecule has 220 valence electrons. The summed E-state index contributed by atoms with van der Waals surface area (Å²) in [5.74, 6) is 0. The lowest BCUT2D eigenvalue weighted by Gasteiger charge is -2.42. The van der Waals surface area contributed by atoms with Crippen LogP contribution in [-0.4, -0.2) is 9.55 Å². The standard InChI is InChI=1S/C41H26N6/c1-41(2)34-11-5-8-14-39(34)47(40-15-9-6-12-35(40)41)30-20-26(32-22-36(44-3)28(24-43)18-27(32)23-42)19-29(21-30)46-37-13-7-4-10-31(37)33-25-45-17-16-38(33)46/h4-22,25H,1-2H3. The van der Waals surface area contributed by atoms with Crippen molar-refractivity contribution in [3.63, 3.8) is 0 Å². The normalized spacial score (nSPS) is 13.0. The number of para-hydroxylation sites is 3. The van der Waals surface area contributed by atoms with Gasteiger partial charge in [-0.1, -0.05) is 68.4 Å². The first-order chi connectivity index (χ1) is 22.9. The maximum absolute atomic E-state index is 10.3. The summed E-state index contributed by atoms with van der Waals surface area (Å²) in [5, 5.41) is 22.1. The molecule has 0 amide bonds. The first-order valence-electron chi connectivity index (χ1n) is 15.3. The Bertz CT molecular complexity index is 2450. The Kier molecular flexibility index (Phi) is 6.19. The minimum Gasteiger partial charge on any atom is -0.310 e. The largest absolute Gasteiger partial charge is 0.310 e. The van der Waals surface area contributed by atoms with Gasteiger partial charge in [0.1, 0.15) is 0 Å². The highest BCUT2D eigenvalue weighted by Crippen LogP contribution is 2.52. The molecule has 6 heteroatoms. The van der Waals surface area contributed by atoms with Crippen molar-refractivity contribution in [3.8, 4) is 29.0 Å². The molecule has 0 saturated carbocycles. The molecule has 5 aromatic carbocycles. The Labute approximate surface area is 272 Å². The van der Waals surface area contributed by atoms with Crippen molar-refractivity contribution in [1.29, 1.82) is 10.5 Å². The van der Waals surface area contributed by atoms with Gasteiger partial charge in [0.15, 0.2) is 0 Å². The van der Waals surface area contributed by atoms with Crippen LogP contribution in [0.2, 0.25) is 0 Å². The van der Waals surface area contributed by atoms with Gasteiger partial charge in [-0.3, -0.25) is 4.98 Å². The minimum absolute atomic E-state index is 0.188. The van der Waals surface area contributed by atoms with Crippen LogP contribution in [0.25, 0.3) is 43.5 Å². The van der Waals surface area contributed by atoms with E-state index in [0.29, 0.717) is 11.1 Å². The molecule has 0 saturated heterocycles. The molecule has 7 aromatic rings. The molecule has 0 fully saturated rings. The molecule has 0 radical (unpaired) electrons. The molecule has 0 atom stereocenters. The summed E-state index contributed by atoms with van der Waals surface area (Å²) < 4.78 is 2.23. The molecule has 6 nitrogen and oxygen atoms in total. The number of fused-ring (bicyclic) bond motifs is 5. The first-order valence-corrected chi connectivity index (χ1v) is 15.3. The Morgan fingerprint density at radius 3 is 2.04 bits per heavy atom. The van der Waals surface area contributed by atoms with E-state index in [1.807, 2.05) is 24.4 Å². The van der Waals surface area contributed by atoms with Gasteiger partial charge >= 0.3 is 0 Å². The second kappa shape index (κ2) is 10.5. The number of anilines is 3. The van der Waals surface area contributed by atoms with Crippen molar-refractivity contribution in [3.05, 3.63) is 155 Å². The third-order valence-electron chi connectivity index (χ3n) is 9.34. The van der Waals surface area contributed by atoms with Gasteiger partial charge in [-0.25, -0.2) is 4.85 Å². The van der Waals surface area contributed by atoms with Gasteiger partial charge in [-0.05, 0) is 76.9 Å². The maximum atomic E-state index is 10.3. The van der Waals surface area contributed by atoms with Gasteiger partial charge in [0.2, 0.25) is 5.69 Å². The number of hydrogen-bond acceptors (Lipinski definition) is 4. The van der Waals surface area contributed by atoms with Crippen LogP contribution in [0.3, 0.4) is 0 Å². The van der Waals surface area contributed by atoms with Crippen LogP contribution in [-0.2, 0) is 5.41 Å². The third kappa shape index (κ3) is 4.12. The summed E-state index contributed by atoms with van der Waals surface area (Å²) in [5.41, 5.74) is 10.3. The molecule has 0 bridgehead atoms. The lowest BCUT2D eigenvalue weighted by atomic mass is 9.73. The van der Waals surface area contributed by atoms with Crippen molar-refractivity contribution >= 4 is 44.6 Å². The summed E-state index contributed by atoms with van der Waals surface area (Å²) in [6.07, 6.45) is 3.70. The number of hydrogen-bond donors (Lipinski definition) is 0. The average molecular weight is 603 g/mol. The molecular weight excluding hydrogens is 576 g/mol. The van der Waals surface area contributed by atoms with Crippen LogP contribution in [0.5, 0.6) is 0 Å². The van der Waals surface area contributed by atoms with Gasteiger partial charge in [0.05, 0.1) is 52.2 Å². The van der Waals surface area contributed by atoms with Crippen molar-refractivity contribution in [2.75, 3.05) is 4.90 Å². The molecule has 8 rings (SSSR count). The fourth-order valence-corrected chi connectivity index (χ4v) is 7.15. The fraction of sp³-hybridized carbons (Fsp3) is 0.0732. The predicted molar refractivity (Wildman–Crippen MR) is 187 cm³/mol. The lowest BCUT2D eigenvalue weighted by Crippen LogP contribution is -2.30. The Morgan fingerprint density at radius 1 is 0.702 bits per heavy atom. The van der Waals surface area contributed by atoms with Gasteiger partial charge in [0.25, 0.3) is 0 Å². The summed E-state index contributed by atoms with van der Waals surface area (Å²) in [4.78, 5) is 10.4. The second-order valence-electron chi connectivity index (χ2n) is 12.2. The summed E-state index contributed by atoms with van der Waals surface area (Å²) >= 11 is 0. The van der Waals surface area contributed by atoms with Gasteiger partial charge in [-0.2, -0.15) is 10.5 Å². The maximum Gasteiger partial charge on any atom is 0.205 e. The number of nitriles is 2. The molecule has 2 aromatic heterocycles. The van der Waals surface area contributed by atoms with Crippen LogP contribution >= 0.6 is 0 Å². The molecule has 0 aliphatic carbocycles. The van der Waals surface area contributed by atoms with Gasteiger partial charge < -0.3 is 9.47 Å². The van der Waals surface area contributed by atoms with Gasteiger partial charge in [-0.15, -0.1) is 0 Å². The van der Waals surface area contributed by atoms with Crippen LogP contribution in [0.15, 0.2) is 122 Å². The highest BCUT2D eigenvalue weighted by Gasteiger charge is 2.36. The fourth-order valence-electron chi connectivity index (χ4n) is 7.15. The van der Waals surface area contributed by atoms with Crippen molar-refractivity contribution in [1.82, 2.24) is 9.55 Å². The molecule has 3 heterocycles. The molecule has 0 N–H and O–H groups in total. The zero-order valence-corrected chi connectivity index (χ0v) is 25.7. The Morgan fingerprint density at radius 2 is 1.34 bits per heavy atom. The lowest BCUT2D eigenvalue weighted by molar-refractivity contribution is 0.632. The van der Waals surface area contributed by atoms with Crippen LogP contribution < -0.4 is 4.90 Å². The topological polar surface area (TPSA) is 73.0 Å². The number of rotatable bonds is 3. The first kappa shape index (κ1) is 27.8. The monoisotopic (exact) mass is 602 g/mol. The van der Waals surface area contributed by atoms with Crippen LogP contribution in [0.1, 0.15) is 36.1 Å². The Balaban J connectivity index is 1.50. The smallest absolute Gasteiger partial charge is 0.205 e. The highest BCUT2D eigenvalue weighted by molar-refractivity contribution is 6.09. The third-order valence-corrected chi connectivity index (χ3v) is 9.34. The van der Waals surface area contributed by atoms with E-state index in [4.69, 9.17) is 6.57 Å². The molecule has 1 aliphatic heterocycles. The summed E-state index contributed by atoms with van der Waals surface area (Å²) in [6.45, 7) is 12.3. The highest BCUT2D eigenvalue weighted by atomic mass is 15.2. The van der Waals surface area contributed by atoms with E-state index in [1.165, 1.54) is 17.2 Å². The summed E-state index contributed by atoms with van der Waals surface area (Å²) in [6, 6.07) is 41.2. The SMILES string of the molecule is [C-]#[N+]c1cc(-c2cc(N3c4ccccc4C(C)(C)c4ccccc43)cc(-n3c4ccccc4c4cnccc43)c2)c(C#N)cc1C#N. The van der Waals surface area contributed by atoms with E-state index in [0.717, 1.165) is 50.1 Å².